The van der Waals surface area contributed by atoms with Gasteiger partial charge in [-0.25, -0.2) is 0 Å². The van der Waals surface area contributed by atoms with Crippen LogP contribution in [0.25, 0.3) is 0 Å². The Bertz CT molecular complexity index is 265. The second kappa shape index (κ2) is 5.55. The molecule has 1 rings (SSSR count). The number of hydrogen-bond donors (Lipinski definition) is 1. The molecule has 0 aliphatic heterocycles. The summed E-state index contributed by atoms with van der Waals surface area (Å²) in [5.41, 5.74) is 1.24. The molecule has 0 heterocycles. The Labute approximate surface area is 93.7 Å². The number of para-hydroxylation sites is 1. The Morgan fingerprint density at radius 2 is 2.08 bits per heavy atom. The van der Waals surface area contributed by atoms with Crippen LogP contribution in [0, 0.1) is 0 Å². The summed E-state index contributed by atoms with van der Waals surface area (Å²) in [6, 6.07) is 8.26. The van der Waals surface area contributed by atoms with E-state index >= 15 is 0 Å². The fraction of sp³-hybridized carbons (Fsp3) is 0.400. The van der Waals surface area contributed by atoms with Crippen LogP contribution in [0.5, 0.6) is 0 Å². The largest absolute Gasteiger partial charge is 0.374 e. The lowest BCUT2D eigenvalue weighted by Gasteiger charge is -2.19. The van der Waals surface area contributed by atoms with Crippen molar-refractivity contribution >= 4 is 34.2 Å². The summed E-state index contributed by atoms with van der Waals surface area (Å²) < 4.78 is 1.15. The van der Waals surface area contributed by atoms with Crippen LogP contribution in [0.3, 0.4) is 0 Å². The van der Waals surface area contributed by atoms with E-state index in [1.54, 1.807) is 0 Å². The molecule has 0 spiro atoms. The van der Waals surface area contributed by atoms with E-state index in [9.17, 15) is 0 Å². The SMILES string of the molecule is CN(CCCS)c1ccccc1Br. The van der Waals surface area contributed by atoms with Gasteiger partial charge in [0.25, 0.3) is 0 Å². The van der Waals surface area contributed by atoms with Crippen molar-refractivity contribution in [2.75, 3.05) is 24.2 Å². The van der Waals surface area contributed by atoms with Crippen molar-refractivity contribution in [1.82, 2.24) is 0 Å². The Hall–Kier alpha value is -0.150. The molecule has 0 saturated heterocycles. The van der Waals surface area contributed by atoms with Crippen molar-refractivity contribution in [3.63, 3.8) is 0 Å². The van der Waals surface area contributed by atoms with Gasteiger partial charge in [-0.2, -0.15) is 12.6 Å². The summed E-state index contributed by atoms with van der Waals surface area (Å²) in [7, 11) is 2.10. The van der Waals surface area contributed by atoms with Gasteiger partial charge in [0, 0.05) is 18.1 Å². The molecule has 0 aromatic heterocycles. The zero-order valence-corrected chi connectivity index (χ0v) is 10.2. The lowest BCUT2D eigenvalue weighted by atomic mass is 10.3. The summed E-state index contributed by atoms with van der Waals surface area (Å²) >= 11 is 7.72. The molecule has 1 aromatic rings. The average Bonchev–Trinajstić information content (AvgIpc) is 2.15. The van der Waals surface area contributed by atoms with Crippen LogP contribution in [0.4, 0.5) is 5.69 Å². The Balaban J connectivity index is 2.65. The number of anilines is 1. The van der Waals surface area contributed by atoms with E-state index < -0.39 is 0 Å². The molecule has 13 heavy (non-hydrogen) atoms. The van der Waals surface area contributed by atoms with Gasteiger partial charge in [0.15, 0.2) is 0 Å². The van der Waals surface area contributed by atoms with Gasteiger partial charge < -0.3 is 4.90 Å². The highest BCUT2D eigenvalue weighted by Crippen LogP contribution is 2.24. The van der Waals surface area contributed by atoms with Gasteiger partial charge in [0.2, 0.25) is 0 Å². The molecule has 0 aliphatic carbocycles. The molecule has 0 aliphatic rings. The third kappa shape index (κ3) is 3.24. The average molecular weight is 260 g/mol. The minimum Gasteiger partial charge on any atom is -0.374 e. The lowest BCUT2D eigenvalue weighted by Crippen LogP contribution is -2.19. The third-order valence-corrected chi connectivity index (χ3v) is 2.90. The normalized spacial score (nSPS) is 10.1. The minimum absolute atomic E-state index is 0.939. The Kier molecular flexibility index (Phi) is 4.67. The van der Waals surface area contributed by atoms with Gasteiger partial charge in [-0.05, 0) is 40.2 Å². The smallest absolute Gasteiger partial charge is 0.0508 e. The van der Waals surface area contributed by atoms with Crippen molar-refractivity contribution in [3.8, 4) is 0 Å². The molecule has 72 valence electrons. The highest BCUT2D eigenvalue weighted by Gasteiger charge is 2.02. The van der Waals surface area contributed by atoms with Crippen molar-refractivity contribution in [2.45, 2.75) is 6.42 Å². The first kappa shape index (κ1) is 10.9. The number of hydrogen-bond acceptors (Lipinski definition) is 2. The zero-order valence-electron chi connectivity index (χ0n) is 7.70. The van der Waals surface area contributed by atoms with Crippen LogP contribution in [0.1, 0.15) is 6.42 Å². The molecule has 1 aromatic carbocycles. The van der Waals surface area contributed by atoms with Gasteiger partial charge in [-0.3, -0.25) is 0 Å². The predicted molar refractivity (Wildman–Crippen MR) is 65.9 cm³/mol. The van der Waals surface area contributed by atoms with E-state index in [1.807, 2.05) is 6.07 Å². The Morgan fingerprint density at radius 1 is 1.38 bits per heavy atom. The quantitative estimate of drug-likeness (QED) is 0.813. The van der Waals surface area contributed by atoms with E-state index in [0.29, 0.717) is 0 Å². The number of halogens is 1. The summed E-state index contributed by atoms with van der Waals surface area (Å²) in [6.45, 7) is 1.05. The highest BCUT2D eigenvalue weighted by molar-refractivity contribution is 9.10. The monoisotopic (exact) mass is 259 g/mol. The van der Waals surface area contributed by atoms with Crippen LogP contribution in [-0.2, 0) is 0 Å². The molecule has 3 heteroatoms. The lowest BCUT2D eigenvalue weighted by molar-refractivity contribution is 0.859. The van der Waals surface area contributed by atoms with Gasteiger partial charge in [0.05, 0.1) is 5.69 Å². The summed E-state index contributed by atoms with van der Waals surface area (Å²) in [5.74, 6) is 0.939. The molecule has 0 unspecified atom stereocenters. The van der Waals surface area contributed by atoms with Crippen LogP contribution in [0.2, 0.25) is 0 Å². The second-order valence-electron chi connectivity index (χ2n) is 2.95. The zero-order chi connectivity index (χ0) is 9.68. The minimum atomic E-state index is 0.939. The molecule has 0 amide bonds. The van der Waals surface area contributed by atoms with Crippen LogP contribution < -0.4 is 4.90 Å². The molecule has 0 N–H and O–H groups in total. The van der Waals surface area contributed by atoms with Crippen molar-refractivity contribution < 1.29 is 0 Å². The number of thiol groups is 1. The third-order valence-electron chi connectivity index (χ3n) is 1.92. The molecule has 1 nitrogen and oxygen atoms in total. The van der Waals surface area contributed by atoms with Gasteiger partial charge in [-0.15, -0.1) is 0 Å². The van der Waals surface area contributed by atoms with Gasteiger partial charge >= 0.3 is 0 Å². The standard InChI is InChI=1S/C10H14BrNS/c1-12(7-4-8-13)10-6-3-2-5-9(10)11/h2-3,5-6,13H,4,7-8H2,1H3. The van der Waals surface area contributed by atoms with Crippen LogP contribution >= 0.6 is 28.6 Å². The second-order valence-corrected chi connectivity index (χ2v) is 4.25. The van der Waals surface area contributed by atoms with E-state index in [1.165, 1.54) is 5.69 Å². The first-order valence-electron chi connectivity index (χ1n) is 4.32. The van der Waals surface area contributed by atoms with E-state index in [0.717, 1.165) is 23.2 Å². The fourth-order valence-corrected chi connectivity index (χ4v) is 1.92. The van der Waals surface area contributed by atoms with Crippen molar-refractivity contribution in [3.05, 3.63) is 28.7 Å². The van der Waals surface area contributed by atoms with Gasteiger partial charge in [0.1, 0.15) is 0 Å². The molecule has 0 fully saturated rings. The highest BCUT2D eigenvalue weighted by atomic mass is 79.9. The maximum atomic E-state index is 4.20. The van der Waals surface area contributed by atoms with E-state index in [-0.39, 0.29) is 0 Å². The molecule has 0 saturated carbocycles. The van der Waals surface area contributed by atoms with Gasteiger partial charge in [-0.1, -0.05) is 12.1 Å². The molecule has 0 atom stereocenters. The first-order valence-corrected chi connectivity index (χ1v) is 5.75. The molecule has 0 bridgehead atoms. The summed E-state index contributed by atoms with van der Waals surface area (Å²) in [5, 5.41) is 0. The maximum Gasteiger partial charge on any atom is 0.0508 e. The predicted octanol–water partition coefficient (Wildman–Crippen LogP) is 3.21. The summed E-state index contributed by atoms with van der Waals surface area (Å²) in [4.78, 5) is 2.24. The van der Waals surface area contributed by atoms with Crippen LogP contribution in [-0.4, -0.2) is 19.3 Å². The topological polar surface area (TPSA) is 3.24 Å². The first-order chi connectivity index (χ1) is 6.25. The van der Waals surface area contributed by atoms with E-state index in [2.05, 4.69) is 58.7 Å². The maximum absolute atomic E-state index is 4.20. The summed E-state index contributed by atoms with van der Waals surface area (Å²) in [6.07, 6.45) is 1.11. The van der Waals surface area contributed by atoms with E-state index in [4.69, 9.17) is 0 Å². The molecular weight excluding hydrogens is 246 g/mol. The van der Waals surface area contributed by atoms with Crippen LogP contribution in [0.15, 0.2) is 28.7 Å². The number of rotatable bonds is 4. The fourth-order valence-electron chi connectivity index (χ4n) is 1.19. The molecule has 0 radical (unpaired) electrons. The van der Waals surface area contributed by atoms with Crippen molar-refractivity contribution in [1.29, 1.82) is 0 Å². The van der Waals surface area contributed by atoms with Crippen molar-refractivity contribution in [2.24, 2.45) is 0 Å². The Morgan fingerprint density at radius 3 is 2.69 bits per heavy atom. The number of benzene rings is 1. The number of nitrogens with zero attached hydrogens (tertiary/aromatic N) is 1. The molecular formula is C10H14BrNS.